The lowest BCUT2D eigenvalue weighted by atomic mass is 10.1. The Bertz CT molecular complexity index is 281. The van der Waals surface area contributed by atoms with Crippen molar-refractivity contribution in [2.75, 3.05) is 6.54 Å². The molecule has 0 fully saturated rings. The molecule has 0 aliphatic carbocycles. The first kappa shape index (κ1) is 9.72. The number of hydrogen-bond donors (Lipinski definition) is 0. The molecule has 1 heterocycles. The van der Waals surface area contributed by atoms with Crippen molar-refractivity contribution in [3.63, 3.8) is 0 Å². The van der Waals surface area contributed by atoms with E-state index in [9.17, 15) is 0 Å². The first-order valence-electron chi connectivity index (χ1n) is 5.58. The Morgan fingerprint density at radius 1 is 1.21 bits per heavy atom. The van der Waals surface area contributed by atoms with Crippen molar-refractivity contribution in [3.05, 3.63) is 35.4 Å². The molecule has 1 heteroatoms. The zero-order valence-corrected chi connectivity index (χ0v) is 9.16. The van der Waals surface area contributed by atoms with Gasteiger partial charge in [0, 0.05) is 19.6 Å². The number of benzene rings is 1. The van der Waals surface area contributed by atoms with Crippen LogP contribution in [0.2, 0.25) is 0 Å². The van der Waals surface area contributed by atoms with Crippen molar-refractivity contribution in [2.24, 2.45) is 5.92 Å². The summed E-state index contributed by atoms with van der Waals surface area (Å²) in [7, 11) is 0. The molecule has 76 valence electrons. The summed E-state index contributed by atoms with van der Waals surface area (Å²) in [4.78, 5) is 2.55. The molecule has 2 rings (SSSR count). The summed E-state index contributed by atoms with van der Waals surface area (Å²) in [6, 6.07) is 8.80. The van der Waals surface area contributed by atoms with Crippen LogP contribution in [-0.2, 0) is 13.1 Å². The molecule has 0 saturated carbocycles. The summed E-state index contributed by atoms with van der Waals surface area (Å²) in [6.07, 6.45) is 1.28. The lowest BCUT2D eigenvalue weighted by molar-refractivity contribution is 0.240. The Morgan fingerprint density at radius 2 is 1.79 bits per heavy atom. The monoisotopic (exact) mass is 189 g/mol. The van der Waals surface area contributed by atoms with Gasteiger partial charge in [0.05, 0.1) is 0 Å². The Kier molecular flexibility index (Phi) is 2.87. The van der Waals surface area contributed by atoms with Crippen LogP contribution in [-0.4, -0.2) is 11.4 Å². The van der Waals surface area contributed by atoms with E-state index in [1.54, 1.807) is 0 Å². The normalized spacial score (nSPS) is 18.1. The second kappa shape index (κ2) is 4.14. The maximum Gasteiger partial charge on any atom is 0.0240 e. The fraction of sp³-hybridized carbons (Fsp3) is 0.538. The maximum atomic E-state index is 2.55. The van der Waals surface area contributed by atoms with E-state index < -0.39 is 0 Å². The van der Waals surface area contributed by atoms with Gasteiger partial charge in [0.25, 0.3) is 0 Å². The van der Waals surface area contributed by atoms with Gasteiger partial charge in [-0.25, -0.2) is 0 Å². The highest BCUT2D eigenvalue weighted by molar-refractivity contribution is 5.30. The van der Waals surface area contributed by atoms with Crippen molar-refractivity contribution < 1.29 is 0 Å². The largest absolute Gasteiger partial charge is 0.295 e. The molecule has 14 heavy (non-hydrogen) atoms. The molecule has 1 unspecified atom stereocenters. The van der Waals surface area contributed by atoms with Gasteiger partial charge in [0.1, 0.15) is 0 Å². The minimum atomic E-state index is 0.823. The predicted molar refractivity (Wildman–Crippen MR) is 60.0 cm³/mol. The molecule has 0 bridgehead atoms. The van der Waals surface area contributed by atoms with Crippen LogP contribution in [0.5, 0.6) is 0 Å². The second-order valence-corrected chi connectivity index (χ2v) is 4.45. The summed E-state index contributed by atoms with van der Waals surface area (Å²) in [5, 5.41) is 0. The van der Waals surface area contributed by atoms with E-state index >= 15 is 0 Å². The minimum absolute atomic E-state index is 0.823. The Morgan fingerprint density at radius 3 is 2.29 bits per heavy atom. The van der Waals surface area contributed by atoms with Gasteiger partial charge >= 0.3 is 0 Å². The van der Waals surface area contributed by atoms with Crippen LogP contribution in [0, 0.1) is 5.92 Å². The fourth-order valence-electron chi connectivity index (χ4n) is 2.10. The number of rotatable bonds is 3. The average Bonchev–Trinajstić information content (AvgIpc) is 2.59. The molecule has 0 amide bonds. The zero-order valence-electron chi connectivity index (χ0n) is 9.16. The first-order chi connectivity index (χ1) is 6.79. The molecule has 1 aliphatic heterocycles. The van der Waals surface area contributed by atoms with Crippen molar-refractivity contribution in [1.29, 1.82) is 0 Å². The Labute approximate surface area is 86.7 Å². The standard InChI is InChI=1S/C13H19N/c1-3-11(2)8-14-9-12-6-4-5-7-13(12)10-14/h4-7,11H,3,8-10H2,1-2H3. The van der Waals surface area contributed by atoms with Crippen LogP contribution in [0.4, 0.5) is 0 Å². The topological polar surface area (TPSA) is 3.24 Å². The van der Waals surface area contributed by atoms with E-state index in [1.165, 1.54) is 24.1 Å². The summed E-state index contributed by atoms with van der Waals surface area (Å²) < 4.78 is 0. The lowest BCUT2D eigenvalue weighted by Crippen LogP contribution is -2.22. The van der Waals surface area contributed by atoms with Crippen LogP contribution >= 0.6 is 0 Å². The predicted octanol–water partition coefficient (Wildman–Crippen LogP) is 3.05. The Balaban J connectivity index is 1.98. The van der Waals surface area contributed by atoms with Gasteiger partial charge < -0.3 is 0 Å². The van der Waals surface area contributed by atoms with E-state index in [0.717, 1.165) is 19.0 Å². The summed E-state index contributed by atoms with van der Waals surface area (Å²) in [6.45, 7) is 8.16. The van der Waals surface area contributed by atoms with Gasteiger partial charge in [-0.2, -0.15) is 0 Å². The van der Waals surface area contributed by atoms with Crippen molar-refractivity contribution in [1.82, 2.24) is 4.90 Å². The third-order valence-electron chi connectivity index (χ3n) is 3.17. The molecule has 1 aromatic rings. The molecule has 1 nitrogen and oxygen atoms in total. The van der Waals surface area contributed by atoms with Crippen LogP contribution in [0.1, 0.15) is 31.4 Å². The van der Waals surface area contributed by atoms with Gasteiger partial charge in [0.2, 0.25) is 0 Å². The fourth-order valence-corrected chi connectivity index (χ4v) is 2.10. The van der Waals surface area contributed by atoms with E-state index in [4.69, 9.17) is 0 Å². The van der Waals surface area contributed by atoms with Crippen molar-refractivity contribution in [3.8, 4) is 0 Å². The molecule has 1 aromatic carbocycles. The van der Waals surface area contributed by atoms with E-state index in [2.05, 4.69) is 43.0 Å². The summed E-state index contributed by atoms with van der Waals surface area (Å²) in [5.41, 5.74) is 3.05. The quantitative estimate of drug-likeness (QED) is 0.706. The molecule has 0 spiro atoms. The van der Waals surface area contributed by atoms with Crippen molar-refractivity contribution in [2.45, 2.75) is 33.4 Å². The van der Waals surface area contributed by atoms with Crippen molar-refractivity contribution >= 4 is 0 Å². The number of hydrogen-bond acceptors (Lipinski definition) is 1. The maximum absolute atomic E-state index is 2.55. The molecule has 1 atom stereocenters. The average molecular weight is 189 g/mol. The SMILES string of the molecule is CCC(C)CN1Cc2ccccc2C1. The van der Waals surface area contributed by atoms with E-state index in [-0.39, 0.29) is 0 Å². The lowest BCUT2D eigenvalue weighted by Gasteiger charge is -2.18. The molecule has 1 aliphatic rings. The van der Waals surface area contributed by atoms with E-state index in [0.29, 0.717) is 0 Å². The highest BCUT2D eigenvalue weighted by Crippen LogP contribution is 2.23. The van der Waals surface area contributed by atoms with Crippen LogP contribution in [0.25, 0.3) is 0 Å². The third kappa shape index (κ3) is 1.98. The highest BCUT2D eigenvalue weighted by atomic mass is 15.1. The molecule has 0 aromatic heterocycles. The summed E-state index contributed by atoms with van der Waals surface area (Å²) >= 11 is 0. The van der Waals surface area contributed by atoms with Gasteiger partial charge in [-0.15, -0.1) is 0 Å². The number of fused-ring (bicyclic) bond motifs is 1. The van der Waals surface area contributed by atoms with Crippen LogP contribution < -0.4 is 0 Å². The molecular weight excluding hydrogens is 170 g/mol. The molecule has 0 radical (unpaired) electrons. The van der Waals surface area contributed by atoms with Gasteiger partial charge in [-0.1, -0.05) is 44.5 Å². The third-order valence-corrected chi connectivity index (χ3v) is 3.17. The van der Waals surface area contributed by atoms with Gasteiger partial charge in [0.15, 0.2) is 0 Å². The van der Waals surface area contributed by atoms with Crippen LogP contribution in [0.3, 0.4) is 0 Å². The highest BCUT2D eigenvalue weighted by Gasteiger charge is 2.18. The van der Waals surface area contributed by atoms with Gasteiger partial charge in [-0.05, 0) is 17.0 Å². The molecular formula is C13H19N. The van der Waals surface area contributed by atoms with Crippen LogP contribution in [0.15, 0.2) is 24.3 Å². The first-order valence-corrected chi connectivity index (χ1v) is 5.58. The Hall–Kier alpha value is -0.820. The smallest absolute Gasteiger partial charge is 0.0240 e. The summed E-state index contributed by atoms with van der Waals surface area (Å²) in [5.74, 6) is 0.823. The van der Waals surface area contributed by atoms with Gasteiger partial charge in [-0.3, -0.25) is 4.90 Å². The van der Waals surface area contributed by atoms with E-state index in [1.807, 2.05) is 0 Å². The number of nitrogens with zero attached hydrogens (tertiary/aromatic N) is 1. The molecule has 0 N–H and O–H groups in total. The second-order valence-electron chi connectivity index (χ2n) is 4.45. The minimum Gasteiger partial charge on any atom is -0.295 e. The molecule has 0 saturated heterocycles. The zero-order chi connectivity index (χ0) is 9.97.